The molecule has 0 fully saturated rings. The number of ether oxygens (including phenoxy) is 1. The second-order valence-corrected chi connectivity index (χ2v) is 4.44. The molecule has 0 radical (unpaired) electrons. The quantitative estimate of drug-likeness (QED) is 0.910. The number of carboxylic acids is 1. The Morgan fingerprint density at radius 3 is 2.94 bits per heavy atom. The van der Waals surface area contributed by atoms with Crippen molar-refractivity contribution in [2.75, 3.05) is 11.4 Å². The lowest BCUT2D eigenvalue weighted by Crippen LogP contribution is -2.45. The van der Waals surface area contributed by atoms with Crippen molar-refractivity contribution in [3.8, 4) is 5.75 Å². The molecule has 1 N–H and O–H groups in total. The van der Waals surface area contributed by atoms with Gasteiger partial charge < -0.3 is 14.7 Å². The van der Waals surface area contributed by atoms with Crippen molar-refractivity contribution in [2.45, 2.75) is 19.4 Å². The normalized spacial score (nSPS) is 18.2. The predicted molar refractivity (Wildman–Crippen MR) is 66.1 cm³/mol. The van der Waals surface area contributed by atoms with E-state index in [1.807, 2.05) is 0 Å². The van der Waals surface area contributed by atoms with Crippen LogP contribution in [0.1, 0.15) is 13.3 Å². The van der Waals surface area contributed by atoms with Crippen LogP contribution in [0.25, 0.3) is 0 Å². The fraction of sp³-hybridized carbons (Fsp3) is 0.333. The van der Waals surface area contributed by atoms with E-state index in [0.717, 1.165) is 0 Å². The summed E-state index contributed by atoms with van der Waals surface area (Å²) in [6.07, 6.45) is -0.739. The van der Waals surface area contributed by atoms with E-state index in [1.54, 1.807) is 25.1 Å². The van der Waals surface area contributed by atoms with E-state index in [9.17, 15) is 9.59 Å². The molecule has 1 aromatic rings. The summed E-state index contributed by atoms with van der Waals surface area (Å²) in [6, 6.07) is 4.94. The van der Waals surface area contributed by atoms with Crippen molar-refractivity contribution in [3.63, 3.8) is 0 Å². The lowest BCUT2D eigenvalue weighted by molar-refractivity contribution is -0.136. The largest absolute Gasteiger partial charge is 0.481 e. The molecular weight excluding hydrogens is 258 g/mol. The first-order valence-corrected chi connectivity index (χ1v) is 5.86. The monoisotopic (exact) mass is 269 g/mol. The number of hydrogen-bond acceptors (Lipinski definition) is 3. The van der Waals surface area contributed by atoms with Crippen LogP contribution in [0.2, 0.25) is 5.02 Å². The number of hydrogen-bond donors (Lipinski definition) is 1. The Morgan fingerprint density at radius 1 is 1.56 bits per heavy atom. The smallest absolute Gasteiger partial charge is 0.305 e. The zero-order valence-corrected chi connectivity index (χ0v) is 10.5. The van der Waals surface area contributed by atoms with E-state index in [1.165, 1.54) is 4.90 Å². The lowest BCUT2D eigenvalue weighted by atomic mass is 10.1. The fourth-order valence-corrected chi connectivity index (χ4v) is 1.98. The molecular formula is C12H12ClNO4. The second kappa shape index (κ2) is 4.86. The zero-order valence-electron chi connectivity index (χ0n) is 9.72. The van der Waals surface area contributed by atoms with E-state index in [0.29, 0.717) is 16.5 Å². The minimum atomic E-state index is -0.953. The molecule has 6 heteroatoms. The average molecular weight is 270 g/mol. The summed E-state index contributed by atoms with van der Waals surface area (Å²) < 4.78 is 5.44. The standard InChI is InChI=1S/C12H12ClNO4/c1-7-12(17)14(5-4-11(15)16)9-6-8(13)2-3-10(9)18-7/h2-3,6-7H,4-5H2,1H3,(H,15,16). The third-order valence-electron chi connectivity index (χ3n) is 2.68. The molecule has 1 aromatic carbocycles. The van der Waals surface area contributed by atoms with Gasteiger partial charge in [0.1, 0.15) is 5.75 Å². The number of anilines is 1. The Hall–Kier alpha value is -1.75. The minimum Gasteiger partial charge on any atom is -0.481 e. The van der Waals surface area contributed by atoms with Crippen LogP contribution in [0.3, 0.4) is 0 Å². The highest BCUT2D eigenvalue weighted by Gasteiger charge is 2.31. The number of fused-ring (bicyclic) bond motifs is 1. The predicted octanol–water partition coefficient (Wildman–Crippen LogP) is 1.93. The molecule has 0 spiro atoms. The molecule has 2 rings (SSSR count). The summed E-state index contributed by atoms with van der Waals surface area (Å²) in [7, 11) is 0. The zero-order chi connectivity index (χ0) is 13.3. The van der Waals surface area contributed by atoms with Gasteiger partial charge in [0.05, 0.1) is 12.1 Å². The van der Waals surface area contributed by atoms with Gasteiger partial charge in [-0.1, -0.05) is 11.6 Å². The summed E-state index contributed by atoms with van der Waals surface area (Å²) in [4.78, 5) is 24.0. The molecule has 0 bridgehead atoms. The maximum Gasteiger partial charge on any atom is 0.305 e. The van der Waals surface area contributed by atoms with E-state index >= 15 is 0 Å². The summed E-state index contributed by atoms with van der Waals surface area (Å²) in [5.74, 6) is -0.673. The molecule has 18 heavy (non-hydrogen) atoms. The van der Waals surface area contributed by atoms with E-state index < -0.39 is 12.1 Å². The molecule has 5 nitrogen and oxygen atoms in total. The van der Waals surface area contributed by atoms with E-state index in [-0.39, 0.29) is 18.9 Å². The van der Waals surface area contributed by atoms with Crippen molar-refractivity contribution in [1.82, 2.24) is 0 Å². The first-order valence-electron chi connectivity index (χ1n) is 5.48. The third-order valence-corrected chi connectivity index (χ3v) is 2.91. The van der Waals surface area contributed by atoms with Crippen LogP contribution in [-0.4, -0.2) is 29.6 Å². The van der Waals surface area contributed by atoms with Crippen LogP contribution in [0.5, 0.6) is 5.75 Å². The number of carboxylic acid groups (broad SMARTS) is 1. The molecule has 1 atom stereocenters. The molecule has 1 amide bonds. The van der Waals surface area contributed by atoms with Crippen LogP contribution in [0.15, 0.2) is 18.2 Å². The van der Waals surface area contributed by atoms with E-state index in [4.69, 9.17) is 21.4 Å². The number of carbonyl (C=O) groups is 2. The first-order chi connectivity index (χ1) is 8.49. The Balaban J connectivity index is 2.34. The Bertz CT molecular complexity index is 503. The van der Waals surface area contributed by atoms with Crippen LogP contribution >= 0.6 is 11.6 Å². The van der Waals surface area contributed by atoms with Gasteiger partial charge in [0, 0.05) is 11.6 Å². The SMILES string of the molecule is CC1Oc2ccc(Cl)cc2N(CCC(=O)O)C1=O. The maximum absolute atomic E-state index is 12.0. The molecule has 1 heterocycles. The Labute approximate surface area is 109 Å². The number of rotatable bonds is 3. The molecule has 0 saturated heterocycles. The van der Waals surface area contributed by atoms with Gasteiger partial charge in [-0.05, 0) is 25.1 Å². The highest BCUT2D eigenvalue weighted by molar-refractivity contribution is 6.31. The summed E-state index contributed by atoms with van der Waals surface area (Å²) >= 11 is 5.88. The van der Waals surface area contributed by atoms with E-state index in [2.05, 4.69) is 0 Å². The van der Waals surface area contributed by atoms with Gasteiger partial charge >= 0.3 is 5.97 Å². The topological polar surface area (TPSA) is 66.8 Å². The molecule has 0 aromatic heterocycles. The van der Waals surface area contributed by atoms with Crippen molar-refractivity contribution in [3.05, 3.63) is 23.2 Å². The molecule has 1 aliphatic rings. The molecule has 96 valence electrons. The van der Waals surface area contributed by atoms with Crippen molar-refractivity contribution in [2.24, 2.45) is 0 Å². The summed E-state index contributed by atoms with van der Waals surface area (Å²) in [5, 5.41) is 9.18. The van der Waals surface area contributed by atoms with Gasteiger partial charge in [0.2, 0.25) is 0 Å². The number of benzene rings is 1. The third kappa shape index (κ3) is 2.41. The van der Waals surface area contributed by atoms with Gasteiger partial charge in [-0.2, -0.15) is 0 Å². The van der Waals surface area contributed by atoms with Crippen LogP contribution in [0.4, 0.5) is 5.69 Å². The number of nitrogens with zero attached hydrogens (tertiary/aromatic N) is 1. The molecule has 0 saturated carbocycles. The van der Waals surface area contributed by atoms with Gasteiger partial charge in [-0.25, -0.2) is 0 Å². The average Bonchev–Trinajstić information content (AvgIpc) is 2.30. The number of aliphatic carboxylic acids is 1. The highest BCUT2D eigenvalue weighted by Crippen LogP contribution is 2.36. The molecule has 1 unspecified atom stereocenters. The van der Waals surface area contributed by atoms with Crippen LogP contribution < -0.4 is 9.64 Å². The Kier molecular flexibility index (Phi) is 3.43. The van der Waals surface area contributed by atoms with Crippen molar-refractivity contribution < 1.29 is 19.4 Å². The fourth-order valence-electron chi connectivity index (χ4n) is 1.82. The number of carbonyl (C=O) groups excluding carboxylic acids is 1. The number of amides is 1. The van der Waals surface area contributed by atoms with Gasteiger partial charge in [0.25, 0.3) is 5.91 Å². The van der Waals surface area contributed by atoms with Crippen molar-refractivity contribution in [1.29, 1.82) is 0 Å². The Morgan fingerprint density at radius 2 is 2.28 bits per heavy atom. The molecule has 1 aliphatic heterocycles. The second-order valence-electron chi connectivity index (χ2n) is 4.01. The number of halogens is 1. The highest BCUT2D eigenvalue weighted by atomic mass is 35.5. The summed E-state index contributed by atoms with van der Waals surface area (Å²) in [5.41, 5.74) is 0.520. The van der Waals surface area contributed by atoms with Gasteiger partial charge in [0.15, 0.2) is 6.10 Å². The van der Waals surface area contributed by atoms with Crippen LogP contribution in [-0.2, 0) is 9.59 Å². The molecule has 0 aliphatic carbocycles. The maximum atomic E-state index is 12.0. The lowest BCUT2D eigenvalue weighted by Gasteiger charge is -2.32. The first kappa shape index (κ1) is 12.7. The summed E-state index contributed by atoms with van der Waals surface area (Å²) in [6.45, 7) is 1.74. The minimum absolute atomic E-state index is 0.106. The van der Waals surface area contributed by atoms with Gasteiger partial charge in [-0.15, -0.1) is 0 Å². The van der Waals surface area contributed by atoms with Crippen molar-refractivity contribution >= 4 is 29.2 Å². The van der Waals surface area contributed by atoms with Crippen LogP contribution in [0, 0.1) is 0 Å². The van der Waals surface area contributed by atoms with Gasteiger partial charge in [-0.3, -0.25) is 9.59 Å².